The summed E-state index contributed by atoms with van der Waals surface area (Å²) in [6, 6.07) is 14.3. The van der Waals surface area contributed by atoms with E-state index in [4.69, 9.17) is 0 Å². The van der Waals surface area contributed by atoms with Crippen molar-refractivity contribution in [1.82, 2.24) is 5.32 Å². The van der Waals surface area contributed by atoms with E-state index in [1.165, 1.54) is 0 Å². The molecular weight excluding hydrogens is 326 g/mol. The van der Waals surface area contributed by atoms with Gasteiger partial charge in [0.15, 0.2) is 0 Å². The first-order valence-electron chi connectivity index (χ1n) is 7.27. The predicted molar refractivity (Wildman–Crippen MR) is 93.7 cm³/mol. The van der Waals surface area contributed by atoms with Crippen LogP contribution in [0, 0.1) is 0 Å². The number of amides is 2. The molecule has 7 heteroatoms. The van der Waals surface area contributed by atoms with Crippen LogP contribution >= 0.6 is 12.6 Å². The van der Waals surface area contributed by atoms with E-state index >= 15 is 0 Å². The highest BCUT2D eigenvalue weighted by Crippen LogP contribution is 2.14. The molecule has 0 fully saturated rings. The quantitative estimate of drug-likeness (QED) is 0.553. The molecule has 0 aromatic heterocycles. The molecule has 0 bridgehead atoms. The van der Waals surface area contributed by atoms with Gasteiger partial charge in [0.25, 0.3) is 0 Å². The van der Waals surface area contributed by atoms with Gasteiger partial charge >= 0.3 is 12.0 Å². The lowest BCUT2D eigenvalue weighted by atomic mass is 10.1. The van der Waals surface area contributed by atoms with Gasteiger partial charge in [-0.05, 0) is 23.3 Å². The molecule has 2 amide bonds. The minimum atomic E-state index is -1.12. The van der Waals surface area contributed by atoms with Gasteiger partial charge in [-0.1, -0.05) is 47.6 Å². The highest BCUT2D eigenvalue weighted by Gasteiger charge is 2.20. The standard InChI is InChI=1S/C17H17N3O3S/c21-16(22)15(10-12-4-2-1-3-5-12)18-17(23)20-19-14-8-6-13(11-24)7-9-14/h1-9,15,24H,10-11H2,(H,18,23)(H,21,22). The average molecular weight is 343 g/mol. The molecule has 0 radical (unpaired) electrons. The highest BCUT2D eigenvalue weighted by atomic mass is 32.1. The number of nitrogens with one attached hydrogen (secondary N) is 1. The van der Waals surface area contributed by atoms with E-state index in [1.54, 1.807) is 24.3 Å². The monoisotopic (exact) mass is 343 g/mol. The number of aliphatic carboxylic acids is 1. The average Bonchev–Trinajstić information content (AvgIpc) is 2.60. The Morgan fingerprint density at radius 3 is 2.29 bits per heavy atom. The fourth-order valence-corrected chi connectivity index (χ4v) is 2.21. The molecular formula is C17H17N3O3S. The Hall–Kier alpha value is -2.67. The second-order valence-corrected chi connectivity index (χ2v) is 5.37. The van der Waals surface area contributed by atoms with Crippen LogP contribution in [0.3, 0.4) is 0 Å². The Kier molecular flexibility index (Phi) is 6.51. The molecule has 0 aliphatic rings. The summed E-state index contributed by atoms with van der Waals surface area (Å²) < 4.78 is 0. The third kappa shape index (κ3) is 5.51. The van der Waals surface area contributed by atoms with Gasteiger partial charge in [-0.3, -0.25) is 0 Å². The Balaban J connectivity index is 1.97. The Bertz CT molecular complexity index is 718. The van der Waals surface area contributed by atoms with Crippen LogP contribution in [0.1, 0.15) is 11.1 Å². The maximum Gasteiger partial charge on any atom is 0.360 e. The van der Waals surface area contributed by atoms with Crippen LogP contribution in [0.4, 0.5) is 10.5 Å². The number of nitrogens with zero attached hydrogens (tertiary/aromatic N) is 2. The molecule has 0 aliphatic heterocycles. The highest BCUT2D eigenvalue weighted by molar-refractivity contribution is 7.79. The van der Waals surface area contributed by atoms with Crippen molar-refractivity contribution in [3.63, 3.8) is 0 Å². The number of carbonyl (C=O) groups excluding carboxylic acids is 1. The summed E-state index contributed by atoms with van der Waals surface area (Å²) >= 11 is 4.15. The fourth-order valence-electron chi connectivity index (χ4n) is 2.00. The van der Waals surface area contributed by atoms with Crippen LogP contribution in [-0.4, -0.2) is 23.1 Å². The molecule has 2 N–H and O–H groups in total. The first-order chi connectivity index (χ1) is 11.6. The second kappa shape index (κ2) is 8.83. The summed E-state index contributed by atoms with van der Waals surface area (Å²) in [5, 5.41) is 18.9. The van der Waals surface area contributed by atoms with Crippen LogP contribution in [0.5, 0.6) is 0 Å². The van der Waals surface area contributed by atoms with Gasteiger partial charge in [-0.2, -0.15) is 12.6 Å². The van der Waals surface area contributed by atoms with E-state index < -0.39 is 18.0 Å². The lowest BCUT2D eigenvalue weighted by Gasteiger charge is -2.12. The molecule has 0 aliphatic carbocycles. The SMILES string of the molecule is O=C(N=Nc1ccc(CS)cc1)NC(Cc1ccccc1)C(=O)O. The number of benzene rings is 2. The van der Waals surface area contributed by atoms with E-state index in [9.17, 15) is 14.7 Å². The fraction of sp³-hybridized carbons (Fsp3) is 0.176. The van der Waals surface area contributed by atoms with Crippen LogP contribution < -0.4 is 5.32 Å². The number of urea groups is 1. The topological polar surface area (TPSA) is 91.1 Å². The van der Waals surface area contributed by atoms with Gasteiger partial charge in [0.1, 0.15) is 6.04 Å². The smallest absolute Gasteiger partial charge is 0.360 e. The number of azo groups is 1. The molecule has 0 saturated heterocycles. The second-order valence-electron chi connectivity index (χ2n) is 5.05. The number of thiol groups is 1. The van der Waals surface area contributed by atoms with E-state index in [0.717, 1.165) is 11.1 Å². The molecule has 24 heavy (non-hydrogen) atoms. The zero-order valence-electron chi connectivity index (χ0n) is 12.8. The van der Waals surface area contributed by atoms with E-state index in [0.29, 0.717) is 11.4 Å². The number of hydrogen-bond donors (Lipinski definition) is 3. The van der Waals surface area contributed by atoms with Crippen molar-refractivity contribution in [2.24, 2.45) is 10.2 Å². The summed E-state index contributed by atoms with van der Waals surface area (Å²) in [5.41, 5.74) is 2.34. The normalized spacial score (nSPS) is 12.0. The van der Waals surface area contributed by atoms with Crippen LogP contribution in [0.15, 0.2) is 64.8 Å². The minimum absolute atomic E-state index is 0.175. The Morgan fingerprint density at radius 1 is 1.04 bits per heavy atom. The van der Waals surface area contributed by atoms with Crippen molar-refractivity contribution in [3.8, 4) is 0 Å². The summed E-state index contributed by atoms with van der Waals surface area (Å²) in [6.07, 6.45) is 0.175. The molecule has 124 valence electrons. The van der Waals surface area contributed by atoms with E-state index in [1.807, 2.05) is 30.3 Å². The van der Waals surface area contributed by atoms with Gasteiger partial charge < -0.3 is 10.4 Å². The molecule has 0 spiro atoms. The van der Waals surface area contributed by atoms with E-state index in [-0.39, 0.29) is 6.42 Å². The molecule has 0 heterocycles. The molecule has 2 aromatic carbocycles. The third-order valence-electron chi connectivity index (χ3n) is 3.25. The van der Waals surface area contributed by atoms with Crippen molar-refractivity contribution in [2.75, 3.05) is 0 Å². The van der Waals surface area contributed by atoms with Gasteiger partial charge in [0.05, 0.1) is 5.69 Å². The number of carboxylic acids is 1. The zero-order chi connectivity index (χ0) is 17.4. The van der Waals surface area contributed by atoms with Gasteiger partial charge in [0, 0.05) is 12.2 Å². The van der Waals surface area contributed by atoms with Gasteiger partial charge in [0.2, 0.25) is 0 Å². The van der Waals surface area contributed by atoms with Crippen LogP contribution in [0.25, 0.3) is 0 Å². The van der Waals surface area contributed by atoms with Crippen molar-refractivity contribution in [1.29, 1.82) is 0 Å². The molecule has 1 unspecified atom stereocenters. The summed E-state index contributed by atoms with van der Waals surface area (Å²) in [6.45, 7) is 0. The maximum absolute atomic E-state index is 11.8. The van der Waals surface area contributed by atoms with E-state index in [2.05, 4.69) is 28.2 Å². The molecule has 1 atom stereocenters. The molecule has 6 nitrogen and oxygen atoms in total. The Morgan fingerprint density at radius 2 is 1.71 bits per heavy atom. The van der Waals surface area contributed by atoms with Crippen LogP contribution in [-0.2, 0) is 17.0 Å². The number of hydrogen-bond acceptors (Lipinski definition) is 4. The summed E-state index contributed by atoms with van der Waals surface area (Å²) in [5.74, 6) is -0.516. The largest absolute Gasteiger partial charge is 0.480 e. The first kappa shape index (κ1) is 17.7. The van der Waals surface area contributed by atoms with Crippen molar-refractivity contribution >= 4 is 30.3 Å². The van der Waals surface area contributed by atoms with Gasteiger partial charge in [-0.25, -0.2) is 9.59 Å². The lowest BCUT2D eigenvalue weighted by molar-refractivity contribution is -0.139. The zero-order valence-corrected chi connectivity index (χ0v) is 13.7. The number of carbonyl (C=O) groups is 2. The molecule has 2 rings (SSSR count). The summed E-state index contributed by atoms with van der Waals surface area (Å²) in [7, 11) is 0. The number of carboxylic acid groups (broad SMARTS) is 1. The predicted octanol–water partition coefficient (Wildman–Crippen LogP) is 3.61. The lowest BCUT2D eigenvalue weighted by Crippen LogP contribution is -2.40. The molecule has 2 aromatic rings. The van der Waals surface area contributed by atoms with Crippen LogP contribution in [0.2, 0.25) is 0 Å². The van der Waals surface area contributed by atoms with Crippen molar-refractivity contribution in [2.45, 2.75) is 18.2 Å². The third-order valence-corrected chi connectivity index (χ3v) is 3.62. The van der Waals surface area contributed by atoms with Gasteiger partial charge in [-0.15, -0.1) is 5.11 Å². The van der Waals surface area contributed by atoms with Crippen molar-refractivity contribution < 1.29 is 14.7 Å². The van der Waals surface area contributed by atoms with Crippen molar-refractivity contribution in [3.05, 3.63) is 65.7 Å². The Labute approximate surface area is 145 Å². The minimum Gasteiger partial charge on any atom is -0.480 e. The number of rotatable bonds is 6. The maximum atomic E-state index is 11.8. The first-order valence-corrected chi connectivity index (χ1v) is 7.90. The molecule has 0 saturated carbocycles. The summed E-state index contributed by atoms with van der Waals surface area (Å²) in [4.78, 5) is 23.1.